The summed E-state index contributed by atoms with van der Waals surface area (Å²) >= 11 is 0. The van der Waals surface area contributed by atoms with Crippen molar-refractivity contribution in [2.45, 2.75) is 18.9 Å². The maximum Gasteiger partial charge on any atom is 0.320 e. The molecule has 2 heterocycles. The zero-order chi connectivity index (χ0) is 16.8. The van der Waals surface area contributed by atoms with Gasteiger partial charge in [-0.15, -0.1) is 0 Å². The molecule has 3 rings (SSSR count). The number of hydrogen-bond donors (Lipinski definition) is 2. The number of anilines is 1. The Labute approximate surface area is 140 Å². The number of urea groups is 1. The Morgan fingerprint density at radius 2 is 1.88 bits per heavy atom. The lowest BCUT2D eigenvalue weighted by molar-refractivity contribution is 0.0698. The van der Waals surface area contributed by atoms with Gasteiger partial charge in [-0.05, 0) is 37.1 Å². The summed E-state index contributed by atoms with van der Waals surface area (Å²) in [6, 6.07) is 14.2. The van der Waals surface area contributed by atoms with Crippen LogP contribution in [0.3, 0.4) is 0 Å². The number of amides is 3. The van der Waals surface area contributed by atoms with Gasteiger partial charge in [-0.2, -0.15) is 0 Å². The SMILES string of the molecule is O=C(Nc1ccccn1)N[C@H]1CCCN(C(=O)c2ccccc2)C1. The second kappa shape index (κ2) is 7.59. The van der Waals surface area contributed by atoms with Crippen molar-refractivity contribution < 1.29 is 9.59 Å². The molecule has 6 heteroatoms. The molecule has 0 saturated carbocycles. The Balaban J connectivity index is 1.55. The first-order valence-electron chi connectivity index (χ1n) is 8.05. The number of pyridine rings is 1. The van der Waals surface area contributed by atoms with E-state index in [1.54, 1.807) is 23.2 Å². The van der Waals surface area contributed by atoms with E-state index < -0.39 is 0 Å². The molecule has 1 aromatic heterocycles. The Morgan fingerprint density at radius 3 is 2.62 bits per heavy atom. The van der Waals surface area contributed by atoms with Crippen LogP contribution in [0.1, 0.15) is 23.2 Å². The summed E-state index contributed by atoms with van der Waals surface area (Å²) in [7, 11) is 0. The van der Waals surface area contributed by atoms with Crippen LogP contribution >= 0.6 is 0 Å². The van der Waals surface area contributed by atoms with Gasteiger partial charge in [-0.3, -0.25) is 10.1 Å². The number of carbonyl (C=O) groups excluding carboxylic acids is 2. The van der Waals surface area contributed by atoms with Gasteiger partial charge in [-0.1, -0.05) is 24.3 Å². The van der Waals surface area contributed by atoms with E-state index in [0.29, 0.717) is 24.5 Å². The smallest absolute Gasteiger partial charge is 0.320 e. The zero-order valence-electron chi connectivity index (χ0n) is 13.3. The number of aromatic nitrogens is 1. The van der Waals surface area contributed by atoms with Gasteiger partial charge in [0.2, 0.25) is 0 Å². The third kappa shape index (κ3) is 4.10. The Bertz CT molecular complexity index is 691. The van der Waals surface area contributed by atoms with Crippen LogP contribution < -0.4 is 10.6 Å². The molecule has 0 bridgehead atoms. The van der Waals surface area contributed by atoms with Crippen LogP contribution in [-0.2, 0) is 0 Å². The lowest BCUT2D eigenvalue weighted by Crippen LogP contribution is -2.50. The van der Waals surface area contributed by atoms with E-state index in [2.05, 4.69) is 15.6 Å². The first kappa shape index (κ1) is 16.0. The summed E-state index contributed by atoms with van der Waals surface area (Å²) < 4.78 is 0. The second-order valence-electron chi connectivity index (χ2n) is 5.77. The van der Waals surface area contributed by atoms with Crippen LogP contribution in [0.25, 0.3) is 0 Å². The third-order valence-corrected chi connectivity index (χ3v) is 3.97. The van der Waals surface area contributed by atoms with E-state index in [9.17, 15) is 9.59 Å². The average molecular weight is 324 g/mol. The minimum absolute atomic E-state index is 0.00670. The van der Waals surface area contributed by atoms with Crippen molar-refractivity contribution in [2.24, 2.45) is 0 Å². The summed E-state index contributed by atoms with van der Waals surface area (Å²) in [6.45, 7) is 1.23. The Kier molecular flexibility index (Phi) is 5.05. The van der Waals surface area contributed by atoms with Crippen LogP contribution in [0.4, 0.5) is 10.6 Å². The molecule has 24 heavy (non-hydrogen) atoms. The monoisotopic (exact) mass is 324 g/mol. The highest BCUT2D eigenvalue weighted by atomic mass is 16.2. The van der Waals surface area contributed by atoms with E-state index >= 15 is 0 Å². The van der Waals surface area contributed by atoms with Crippen molar-refractivity contribution in [2.75, 3.05) is 18.4 Å². The lowest BCUT2D eigenvalue weighted by atomic mass is 10.0. The predicted octanol–water partition coefficient (Wildman–Crippen LogP) is 2.51. The third-order valence-electron chi connectivity index (χ3n) is 3.97. The maximum atomic E-state index is 12.5. The number of nitrogens with zero attached hydrogens (tertiary/aromatic N) is 2. The first-order chi connectivity index (χ1) is 11.7. The molecule has 2 N–H and O–H groups in total. The molecule has 0 spiro atoms. The van der Waals surface area contributed by atoms with Crippen molar-refractivity contribution in [3.05, 3.63) is 60.3 Å². The van der Waals surface area contributed by atoms with E-state index in [1.807, 2.05) is 36.4 Å². The second-order valence-corrected chi connectivity index (χ2v) is 5.77. The Hall–Kier alpha value is -2.89. The number of benzene rings is 1. The first-order valence-corrected chi connectivity index (χ1v) is 8.05. The molecular weight excluding hydrogens is 304 g/mol. The lowest BCUT2D eigenvalue weighted by Gasteiger charge is -2.33. The van der Waals surface area contributed by atoms with Gasteiger partial charge in [0.25, 0.3) is 5.91 Å². The van der Waals surface area contributed by atoms with Gasteiger partial charge in [0, 0.05) is 30.9 Å². The number of rotatable bonds is 3. The Morgan fingerprint density at radius 1 is 1.08 bits per heavy atom. The predicted molar refractivity (Wildman–Crippen MR) is 91.8 cm³/mol. The number of piperidine rings is 1. The number of likely N-dealkylation sites (tertiary alicyclic amines) is 1. The van der Waals surface area contributed by atoms with Crippen LogP contribution in [0.5, 0.6) is 0 Å². The molecule has 3 amide bonds. The van der Waals surface area contributed by atoms with Gasteiger partial charge in [0.1, 0.15) is 5.82 Å². The van der Waals surface area contributed by atoms with Crippen LogP contribution in [0, 0.1) is 0 Å². The summed E-state index contributed by atoms with van der Waals surface area (Å²) in [5.74, 6) is 0.510. The van der Waals surface area contributed by atoms with Crippen molar-refractivity contribution in [1.29, 1.82) is 0 Å². The summed E-state index contributed by atoms with van der Waals surface area (Å²) in [4.78, 5) is 30.4. The average Bonchev–Trinajstić information content (AvgIpc) is 2.63. The highest BCUT2D eigenvalue weighted by molar-refractivity contribution is 5.94. The van der Waals surface area contributed by atoms with E-state index in [4.69, 9.17) is 0 Å². The fourth-order valence-corrected chi connectivity index (χ4v) is 2.82. The molecule has 124 valence electrons. The molecule has 0 unspecified atom stereocenters. The number of carbonyl (C=O) groups is 2. The number of hydrogen-bond acceptors (Lipinski definition) is 3. The molecule has 1 aromatic carbocycles. The van der Waals surface area contributed by atoms with Gasteiger partial charge in [0.15, 0.2) is 0 Å². The maximum absolute atomic E-state index is 12.5. The minimum atomic E-state index is -0.298. The topological polar surface area (TPSA) is 74.3 Å². The molecule has 1 aliphatic rings. The fraction of sp³-hybridized carbons (Fsp3) is 0.278. The normalized spacial score (nSPS) is 17.2. The van der Waals surface area contributed by atoms with Crippen molar-refractivity contribution in [3.63, 3.8) is 0 Å². The van der Waals surface area contributed by atoms with Crippen molar-refractivity contribution in [3.8, 4) is 0 Å². The molecule has 0 aliphatic carbocycles. The largest absolute Gasteiger partial charge is 0.337 e. The number of nitrogens with one attached hydrogen (secondary N) is 2. The minimum Gasteiger partial charge on any atom is -0.337 e. The fourth-order valence-electron chi connectivity index (χ4n) is 2.82. The summed E-state index contributed by atoms with van der Waals surface area (Å²) in [6.07, 6.45) is 3.35. The summed E-state index contributed by atoms with van der Waals surface area (Å²) in [5, 5.41) is 5.62. The van der Waals surface area contributed by atoms with E-state index in [1.165, 1.54) is 0 Å². The summed E-state index contributed by atoms with van der Waals surface area (Å²) in [5.41, 5.74) is 0.677. The molecule has 2 aromatic rings. The zero-order valence-corrected chi connectivity index (χ0v) is 13.3. The van der Waals surface area contributed by atoms with E-state index in [0.717, 1.165) is 12.8 Å². The quantitative estimate of drug-likeness (QED) is 0.911. The van der Waals surface area contributed by atoms with Crippen LogP contribution in [0.15, 0.2) is 54.7 Å². The van der Waals surface area contributed by atoms with Crippen molar-refractivity contribution in [1.82, 2.24) is 15.2 Å². The van der Waals surface area contributed by atoms with Gasteiger partial charge in [0.05, 0.1) is 0 Å². The molecule has 1 aliphatic heterocycles. The molecular formula is C18H20N4O2. The van der Waals surface area contributed by atoms with Crippen LogP contribution in [0.2, 0.25) is 0 Å². The van der Waals surface area contributed by atoms with Crippen molar-refractivity contribution >= 4 is 17.8 Å². The standard InChI is InChI=1S/C18H20N4O2/c23-17(14-7-2-1-3-8-14)22-12-6-9-15(13-22)20-18(24)21-16-10-4-5-11-19-16/h1-5,7-8,10-11,15H,6,9,12-13H2,(H2,19,20,21,24)/t15-/m0/s1. The van der Waals surface area contributed by atoms with E-state index in [-0.39, 0.29) is 18.0 Å². The molecule has 1 atom stereocenters. The molecule has 0 radical (unpaired) electrons. The van der Waals surface area contributed by atoms with Crippen LogP contribution in [-0.4, -0.2) is 41.0 Å². The molecule has 1 saturated heterocycles. The molecule has 6 nitrogen and oxygen atoms in total. The van der Waals surface area contributed by atoms with Gasteiger partial charge < -0.3 is 10.2 Å². The van der Waals surface area contributed by atoms with Gasteiger partial charge >= 0.3 is 6.03 Å². The van der Waals surface area contributed by atoms with Gasteiger partial charge in [-0.25, -0.2) is 9.78 Å². The molecule has 1 fully saturated rings. The highest BCUT2D eigenvalue weighted by Crippen LogP contribution is 2.14. The highest BCUT2D eigenvalue weighted by Gasteiger charge is 2.25.